The van der Waals surface area contributed by atoms with E-state index in [2.05, 4.69) is 26.3 Å². The van der Waals surface area contributed by atoms with Crippen LogP contribution in [0.2, 0.25) is 0 Å². The van der Waals surface area contributed by atoms with Gasteiger partial charge in [0.1, 0.15) is 0 Å². The molecule has 0 bridgehead atoms. The first-order valence-electron chi connectivity index (χ1n) is 8.78. The number of amides is 1. The van der Waals surface area contributed by atoms with Gasteiger partial charge in [-0.1, -0.05) is 53.2 Å². The Kier molecular flexibility index (Phi) is 6.08. The number of aliphatic hydroxyl groups excluding tert-OH is 1. The minimum atomic E-state index is -0.296. The highest BCUT2D eigenvalue weighted by Crippen LogP contribution is 2.24. The molecule has 0 saturated heterocycles. The summed E-state index contributed by atoms with van der Waals surface area (Å²) in [6.45, 7) is 3.76. The molecule has 0 saturated carbocycles. The number of para-hydroxylation sites is 1. The normalized spacial score (nSPS) is 13.2. The van der Waals surface area contributed by atoms with E-state index in [4.69, 9.17) is 0 Å². The summed E-state index contributed by atoms with van der Waals surface area (Å²) in [6, 6.07) is 17.1. The molecule has 0 spiro atoms. The number of nitrogens with zero attached hydrogens (tertiary/aromatic N) is 2. The maximum absolute atomic E-state index is 12.9. The minimum Gasteiger partial charge on any atom is -0.396 e. The Labute approximate surface area is 167 Å². The van der Waals surface area contributed by atoms with Crippen molar-refractivity contribution in [3.63, 3.8) is 0 Å². The van der Waals surface area contributed by atoms with Gasteiger partial charge in [0.2, 0.25) is 0 Å². The Morgan fingerprint density at radius 1 is 1.19 bits per heavy atom. The number of carbonyl (C=O) groups excluding carboxylic acids is 1. The second kappa shape index (κ2) is 8.50. The number of aliphatic hydroxyl groups is 1. The summed E-state index contributed by atoms with van der Waals surface area (Å²) in [4.78, 5) is 12.9. The molecule has 0 aliphatic carbocycles. The van der Waals surface area contributed by atoms with Crippen LogP contribution in [0, 0.1) is 12.8 Å². The second-order valence-corrected chi connectivity index (χ2v) is 7.47. The van der Waals surface area contributed by atoms with Crippen molar-refractivity contribution in [2.24, 2.45) is 5.92 Å². The van der Waals surface area contributed by atoms with Crippen LogP contribution in [-0.4, -0.2) is 27.4 Å². The molecule has 0 unspecified atom stereocenters. The molecule has 2 N–H and O–H groups in total. The molecule has 27 heavy (non-hydrogen) atoms. The van der Waals surface area contributed by atoms with Gasteiger partial charge in [0.15, 0.2) is 0 Å². The zero-order valence-electron chi connectivity index (χ0n) is 15.3. The van der Waals surface area contributed by atoms with Crippen molar-refractivity contribution in [1.82, 2.24) is 15.1 Å². The van der Waals surface area contributed by atoms with Crippen LogP contribution < -0.4 is 5.32 Å². The smallest absolute Gasteiger partial charge is 0.255 e. The lowest BCUT2D eigenvalue weighted by Gasteiger charge is -2.24. The highest BCUT2D eigenvalue weighted by atomic mass is 79.9. The van der Waals surface area contributed by atoms with E-state index < -0.39 is 0 Å². The summed E-state index contributed by atoms with van der Waals surface area (Å²) < 4.78 is 2.71. The number of carbonyl (C=O) groups is 1. The van der Waals surface area contributed by atoms with Crippen LogP contribution in [0.1, 0.15) is 34.6 Å². The van der Waals surface area contributed by atoms with Crippen molar-refractivity contribution in [1.29, 1.82) is 0 Å². The molecule has 140 valence electrons. The number of benzene rings is 2. The van der Waals surface area contributed by atoms with Gasteiger partial charge in [-0.15, -0.1) is 0 Å². The fraction of sp³-hybridized carbons (Fsp3) is 0.238. The molecule has 1 heterocycles. The van der Waals surface area contributed by atoms with Gasteiger partial charge in [0.25, 0.3) is 5.91 Å². The Bertz CT molecular complexity index is 907. The Hall–Kier alpha value is -2.44. The molecule has 0 aliphatic rings. The molecule has 3 aromatic rings. The predicted molar refractivity (Wildman–Crippen MR) is 109 cm³/mol. The van der Waals surface area contributed by atoms with Gasteiger partial charge in [-0.3, -0.25) is 4.79 Å². The third-order valence-corrected chi connectivity index (χ3v) is 5.16. The summed E-state index contributed by atoms with van der Waals surface area (Å²) in [5.41, 5.74) is 3.14. The first-order chi connectivity index (χ1) is 13.0. The standard InChI is InChI=1S/C21H22BrN3O2/c1-14(13-26)20(16-8-10-17(22)11-9-16)24-21(27)19-12-23-25(15(19)2)18-6-4-3-5-7-18/h3-12,14,20,26H,13H2,1-2H3,(H,24,27)/t14-,20-/m0/s1. The molecular weight excluding hydrogens is 406 g/mol. The number of halogens is 1. The van der Waals surface area contributed by atoms with Crippen LogP contribution in [0.25, 0.3) is 5.69 Å². The van der Waals surface area contributed by atoms with Crippen molar-refractivity contribution in [3.8, 4) is 5.69 Å². The molecule has 3 rings (SSSR count). The average Bonchev–Trinajstić information content (AvgIpc) is 3.08. The number of hydrogen-bond acceptors (Lipinski definition) is 3. The summed E-state index contributed by atoms with van der Waals surface area (Å²) in [5, 5.41) is 17.1. The van der Waals surface area contributed by atoms with Crippen molar-refractivity contribution < 1.29 is 9.90 Å². The fourth-order valence-corrected chi connectivity index (χ4v) is 3.27. The molecule has 2 atom stereocenters. The Morgan fingerprint density at radius 3 is 2.48 bits per heavy atom. The van der Waals surface area contributed by atoms with E-state index in [9.17, 15) is 9.90 Å². The van der Waals surface area contributed by atoms with Crippen LogP contribution in [-0.2, 0) is 0 Å². The molecule has 5 nitrogen and oxygen atoms in total. The van der Waals surface area contributed by atoms with Gasteiger partial charge >= 0.3 is 0 Å². The maximum atomic E-state index is 12.9. The van der Waals surface area contributed by atoms with E-state index in [-0.39, 0.29) is 24.5 Å². The summed E-state index contributed by atoms with van der Waals surface area (Å²) in [5.74, 6) is -0.331. The summed E-state index contributed by atoms with van der Waals surface area (Å²) in [6.07, 6.45) is 1.58. The highest BCUT2D eigenvalue weighted by molar-refractivity contribution is 9.10. The van der Waals surface area contributed by atoms with Crippen molar-refractivity contribution in [2.75, 3.05) is 6.61 Å². The Morgan fingerprint density at radius 2 is 1.85 bits per heavy atom. The molecular formula is C21H22BrN3O2. The SMILES string of the molecule is Cc1c(C(=O)N[C@H](c2ccc(Br)cc2)[C@@H](C)CO)cnn1-c1ccccc1. The quantitative estimate of drug-likeness (QED) is 0.623. The van der Waals surface area contributed by atoms with E-state index in [1.807, 2.05) is 68.4 Å². The third kappa shape index (κ3) is 4.28. The fourth-order valence-electron chi connectivity index (χ4n) is 3.01. The van der Waals surface area contributed by atoms with Gasteiger partial charge in [-0.2, -0.15) is 5.10 Å². The van der Waals surface area contributed by atoms with Crippen molar-refractivity contribution in [3.05, 3.63) is 82.1 Å². The number of rotatable bonds is 6. The van der Waals surface area contributed by atoms with Gasteiger partial charge in [0, 0.05) is 17.0 Å². The molecule has 0 fully saturated rings. The van der Waals surface area contributed by atoms with Gasteiger partial charge in [0.05, 0.1) is 29.2 Å². The lowest BCUT2D eigenvalue weighted by atomic mass is 9.94. The first kappa shape index (κ1) is 19.3. The monoisotopic (exact) mass is 427 g/mol. The van der Waals surface area contributed by atoms with E-state index in [0.717, 1.165) is 21.4 Å². The lowest BCUT2D eigenvalue weighted by molar-refractivity contribution is 0.0908. The highest BCUT2D eigenvalue weighted by Gasteiger charge is 2.24. The second-order valence-electron chi connectivity index (χ2n) is 6.55. The Balaban J connectivity index is 1.86. The van der Waals surface area contributed by atoms with E-state index in [1.165, 1.54) is 0 Å². The summed E-state index contributed by atoms with van der Waals surface area (Å²) in [7, 11) is 0. The zero-order chi connectivity index (χ0) is 19.4. The van der Waals surface area contributed by atoms with Crippen LogP contribution in [0.4, 0.5) is 0 Å². The molecule has 2 aromatic carbocycles. The van der Waals surface area contributed by atoms with Crippen LogP contribution >= 0.6 is 15.9 Å². The zero-order valence-corrected chi connectivity index (χ0v) is 16.8. The van der Waals surface area contributed by atoms with Crippen LogP contribution in [0.15, 0.2) is 65.3 Å². The van der Waals surface area contributed by atoms with E-state index in [0.29, 0.717) is 5.56 Å². The van der Waals surface area contributed by atoms with Crippen molar-refractivity contribution in [2.45, 2.75) is 19.9 Å². The molecule has 0 aliphatic heterocycles. The average molecular weight is 428 g/mol. The minimum absolute atomic E-state index is 0.0245. The predicted octanol–water partition coefficient (Wildman–Crippen LogP) is 4.04. The number of hydrogen-bond donors (Lipinski definition) is 2. The van der Waals surface area contributed by atoms with Crippen LogP contribution in [0.3, 0.4) is 0 Å². The molecule has 6 heteroatoms. The molecule has 1 amide bonds. The first-order valence-corrected chi connectivity index (χ1v) is 9.57. The third-order valence-electron chi connectivity index (χ3n) is 4.63. The number of aromatic nitrogens is 2. The van der Waals surface area contributed by atoms with Gasteiger partial charge in [-0.05, 0) is 36.8 Å². The maximum Gasteiger partial charge on any atom is 0.255 e. The number of nitrogens with one attached hydrogen (secondary N) is 1. The molecule has 0 radical (unpaired) electrons. The van der Waals surface area contributed by atoms with Gasteiger partial charge in [-0.25, -0.2) is 4.68 Å². The van der Waals surface area contributed by atoms with Crippen molar-refractivity contribution >= 4 is 21.8 Å². The van der Waals surface area contributed by atoms with Crippen LogP contribution in [0.5, 0.6) is 0 Å². The van der Waals surface area contributed by atoms with Gasteiger partial charge < -0.3 is 10.4 Å². The lowest BCUT2D eigenvalue weighted by Crippen LogP contribution is -2.34. The molecule has 1 aromatic heterocycles. The van der Waals surface area contributed by atoms with E-state index >= 15 is 0 Å². The largest absolute Gasteiger partial charge is 0.396 e. The topological polar surface area (TPSA) is 67.2 Å². The van der Waals surface area contributed by atoms with E-state index in [1.54, 1.807) is 10.9 Å². The summed E-state index contributed by atoms with van der Waals surface area (Å²) >= 11 is 3.42.